The third-order valence-electron chi connectivity index (χ3n) is 1.44. The number of halogens is 1. The minimum atomic E-state index is -1.24. The molecule has 2 nitrogen and oxygen atoms in total. The van der Waals surface area contributed by atoms with Crippen molar-refractivity contribution >= 4 is 22.0 Å². The molecule has 2 rings (SSSR count). The summed E-state index contributed by atoms with van der Waals surface area (Å²) in [6.07, 6.45) is 0. The normalized spacial score (nSPS) is 20.3. The van der Waals surface area contributed by atoms with E-state index in [1.54, 1.807) is 6.07 Å². The maximum absolute atomic E-state index is 12.8. The smallest absolute Gasteiger partial charge is 0.150 e. The molecule has 1 unspecified atom stereocenters. The van der Waals surface area contributed by atoms with Crippen LogP contribution in [0.1, 0.15) is 0 Å². The highest BCUT2D eigenvalue weighted by Crippen LogP contribution is 2.29. The Hall–Kier alpha value is -1.03. The molecule has 0 radical (unpaired) electrons. The van der Waals surface area contributed by atoms with Gasteiger partial charge in [0, 0.05) is 0 Å². The first-order valence-electron chi connectivity index (χ1n) is 3.02. The van der Waals surface area contributed by atoms with Gasteiger partial charge in [-0.25, -0.2) is 13.6 Å². The molecule has 0 spiro atoms. The number of para-hydroxylation sites is 1. The van der Waals surface area contributed by atoms with Crippen LogP contribution in [0, 0.1) is 5.82 Å². The van der Waals surface area contributed by atoms with Crippen LogP contribution in [0.15, 0.2) is 28.1 Å². The van der Waals surface area contributed by atoms with E-state index in [9.17, 15) is 8.60 Å². The number of aliphatic imine (C=N–C) groups is 1. The molecule has 0 saturated heterocycles. The molecule has 1 atom stereocenters. The zero-order valence-corrected chi connectivity index (χ0v) is 6.27. The minimum Gasteiger partial charge on any atom is -0.248 e. The van der Waals surface area contributed by atoms with E-state index in [1.807, 2.05) is 0 Å². The van der Waals surface area contributed by atoms with E-state index >= 15 is 0 Å². The quantitative estimate of drug-likeness (QED) is 0.580. The topological polar surface area (TPSA) is 29.4 Å². The number of hydrogen-bond acceptors (Lipinski definition) is 2. The second-order valence-electron chi connectivity index (χ2n) is 2.12. The van der Waals surface area contributed by atoms with E-state index in [4.69, 9.17) is 0 Å². The van der Waals surface area contributed by atoms with Gasteiger partial charge in [0.1, 0.15) is 11.5 Å². The first-order chi connectivity index (χ1) is 5.29. The van der Waals surface area contributed by atoms with Gasteiger partial charge in [-0.1, -0.05) is 6.07 Å². The van der Waals surface area contributed by atoms with E-state index in [0.29, 0.717) is 4.90 Å². The van der Waals surface area contributed by atoms with Crippen LogP contribution in [0.3, 0.4) is 0 Å². The summed E-state index contributed by atoms with van der Waals surface area (Å²) >= 11 is 0. The molecule has 0 saturated carbocycles. The summed E-state index contributed by atoms with van der Waals surface area (Å²) in [5, 5.41) is 0. The van der Waals surface area contributed by atoms with Gasteiger partial charge in [-0.3, -0.25) is 0 Å². The molecule has 0 aromatic heterocycles. The zero-order valence-electron chi connectivity index (χ0n) is 5.45. The number of rotatable bonds is 0. The van der Waals surface area contributed by atoms with E-state index in [-0.39, 0.29) is 5.69 Å². The van der Waals surface area contributed by atoms with Crippen LogP contribution in [0.5, 0.6) is 0 Å². The highest BCUT2D eigenvalue weighted by molar-refractivity contribution is 7.99. The van der Waals surface area contributed by atoms with Gasteiger partial charge in [-0.15, -0.1) is 0 Å². The van der Waals surface area contributed by atoms with Crippen molar-refractivity contribution in [2.24, 2.45) is 4.99 Å². The Morgan fingerprint density at radius 2 is 2.27 bits per heavy atom. The molecular weight excluding hydrogens is 165 g/mol. The molecule has 1 aromatic rings. The summed E-state index contributed by atoms with van der Waals surface area (Å²) in [5.41, 5.74) is 1.46. The maximum atomic E-state index is 12.8. The van der Waals surface area contributed by atoms with Crippen molar-refractivity contribution in [3.63, 3.8) is 0 Å². The van der Waals surface area contributed by atoms with Crippen molar-refractivity contribution < 1.29 is 8.60 Å². The van der Waals surface area contributed by atoms with Gasteiger partial charge in [0.05, 0.1) is 21.2 Å². The number of benzene rings is 1. The third kappa shape index (κ3) is 0.903. The molecule has 0 amide bonds. The Bertz CT molecular complexity index is 361. The fraction of sp³-hybridized carbons (Fsp3) is 0. The highest BCUT2D eigenvalue weighted by atomic mass is 32.2. The number of nitrogens with zero attached hydrogens (tertiary/aromatic N) is 1. The van der Waals surface area contributed by atoms with Crippen molar-refractivity contribution in [1.82, 2.24) is 0 Å². The van der Waals surface area contributed by atoms with Gasteiger partial charge < -0.3 is 0 Å². The van der Waals surface area contributed by atoms with Gasteiger partial charge >= 0.3 is 0 Å². The van der Waals surface area contributed by atoms with Gasteiger partial charge in [0.15, 0.2) is 0 Å². The molecule has 1 aliphatic rings. The van der Waals surface area contributed by atoms with Crippen LogP contribution in [-0.2, 0) is 10.8 Å². The first kappa shape index (κ1) is 6.67. The molecule has 11 heavy (non-hydrogen) atoms. The first-order valence-corrected chi connectivity index (χ1v) is 4.23. The van der Waals surface area contributed by atoms with Crippen LogP contribution in [0.2, 0.25) is 0 Å². The van der Waals surface area contributed by atoms with Gasteiger partial charge in [0.25, 0.3) is 0 Å². The predicted molar refractivity (Wildman–Crippen MR) is 41.0 cm³/mol. The van der Waals surface area contributed by atoms with Crippen molar-refractivity contribution in [2.45, 2.75) is 4.90 Å². The summed E-state index contributed by atoms with van der Waals surface area (Å²) in [6, 6.07) is 4.45. The molecule has 4 heteroatoms. The van der Waals surface area contributed by atoms with E-state index in [0.717, 1.165) is 0 Å². The lowest BCUT2D eigenvalue weighted by Crippen LogP contribution is -1.85. The second kappa shape index (κ2) is 2.23. The monoisotopic (exact) mass is 169 g/mol. The molecule has 1 aromatic carbocycles. The Labute approximate surface area is 65.2 Å². The zero-order chi connectivity index (χ0) is 7.84. The van der Waals surface area contributed by atoms with Crippen molar-refractivity contribution in [1.29, 1.82) is 0 Å². The highest BCUT2D eigenvalue weighted by Gasteiger charge is 2.16. The van der Waals surface area contributed by atoms with Crippen LogP contribution < -0.4 is 0 Å². The fourth-order valence-corrected chi connectivity index (χ4v) is 1.81. The predicted octanol–water partition coefficient (Wildman–Crippen LogP) is 1.61. The molecule has 0 bridgehead atoms. The Morgan fingerprint density at radius 1 is 1.45 bits per heavy atom. The van der Waals surface area contributed by atoms with Gasteiger partial charge in [-0.2, -0.15) is 0 Å². The van der Waals surface area contributed by atoms with Crippen molar-refractivity contribution in [3.8, 4) is 0 Å². The second-order valence-corrected chi connectivity index (χ2v) is 3.36. The van der Waals surface area contributed by atoms with Gasteiger partial charge in [0.2, 0.25) is 0 Å². The summed E-state index contributed by atoms with van der Waals surface area (Å²) in [5.74, 6) is -0.412. The molecule has 1 aliphatic heterocycles. The van der Waals surface area contributed by atoms with E-state index in [2.05, 4.69) is 4.99 Å². The lowest BCUT2D eigenvalue weighted by atomic mass is 10.3. The lowest BCUT2D eigenvalue weighted by molar-refractivity contribution is 0.626. The van der Waals surface area contributed by atoms with Crippen molar-refractivity contribution in [3.05, 3.63) is 24.0 Å². The summed E-state index contributed by atoms with van der Waals surface area (Å²) < 4.78 is 23.8. The van der Waals surface area contributed by atoms with Crippen LogP contribution in [-0.4, -0.2) is 9.76 Å². The average molecular weight is 169 g/mol. The van der Waals surface area contributed by atoms with E-state index in [1.165, 1.54) is 17.7 Å². The number of fused-ring (bicyclic) bond motifs is 1. The Balaban J connectivity index is 2.74. The fourth-order valence-electron chi connectivity index (χ4n) is 0.941. The molecular formula is C7H4FNOS. The average Bonchev–Trinajstić information content (AvgIpc) is 2.35. The Morgan fingerprint density at radius 3 is 3.00 bits per heavy atom. The molecule has 56 valence electrons. The maximum Gasteiger partial charge on any atom is 0.150 e. The SMILES string of the molecule is O=S1C=Nc2c(F)cccc21. The largest absolute Gasteiger partial charge is 0.248 e. The lowest BCUT2D eigenvalue weighted by Gasteiger charge is -1.94. The summed E-state index contributed by atoms with van der Waals surface area (Å²) in [4.78, 5) is 4.14. The number of hydrogen-bond donors (Lipinski definition) is 0. The standard InChI is InChI=1S/C7H4FNOS/c8-5-2-1-3-6-7(5)9-4-11(6)10/h1-4H. The molecule has 0 N–H and O–H groups in total. The van der Waals surface area contributed by atoms with Crippen molar-refractivity contribution in [2.75, 3.05) is 0 Å². The van der Waals surface area contributed by atoms with Crippen LogP contribution in [0.25, 0.3) is 0 Å². The molecule has 1 heterocycles. The van der Waals surface area contributed by atoms with Crippen LogP contribution in [0.4, 0.5) is 10.1 Å². The van der Waals surface area contributed by atoms with Crippen LogP contribution >= 0.6 is 0 Å². The Kier molecular flexibility index (Phi) is 1.35. The minimum absolute atomic E-state index is 0.214. The van der Waals surface area contributed by atoms with Gasteiger partial charge in [-0.05, 0) is 12.1 Å². The van der Waals surface area contributed by atoms with E-state index < -0.39 is 16.6 Å². The molecule has 0 aliphatic carbocycles. The summed E-state index contributed by atoms with van der Waals surface area (Å²) in [7, 11) is -1.24. The summed E-state index contributed by atoms with van der Waals surface area (Å²) in [6.45, 7) is 0. The third-order valence-corrected chi connectivity index (χ3v) is 2.50. The molecule has 0 fully saturated rings.